The van der Waals surface area contributed by atoms with Crippen molar-refractivity contribution in [2.45, 2.75) is 31.8 Å². The van der Waals surface area contributed by atoms with Gasteiger partial charge in [0.05, 0.1) is 16.1 Å². The third kappa shape index (κ3) is 5.03. The average molecular weight is 438 g/mol. The van der Waals surface area contributed by atoms with E-state index in [0.717, 1.165) is 31.5 Å². The normalized spacial score (nSPS) is 16.5. The van der Waals surface area contributed by atoms with E-state index in [2.05, 4.69) is 17.3 Å². The van der Waals surface area contributed by atoms with Crippen LogP contribution < -0.4 is 5.32 Å². The summed E-state index contributed by atoms with van der Waals surface area (Å²) in [6.07, 6.45) is 1.92. The van der Waals surface area contributed by atoms with E-state index in [1.165, 1.54) is 12.1 Å². The molecule has 0 saturated carbocycles. The Bertz CT molecular complexity index is 884. The van der Waals surface area contributed by atoms with Crippen molar-refractivity contribution in [2.24, 2.45) is 0 Å². The molecule has 1 aliphatic rings. The van der Waals surface area contributed by atoms with Crippen LogP contribution in [0.5, 0.6) is 0 Å². The largest absolute Gasteiger partial charge is 0.331 e. The number of rotatable bonds is 4. The summed E-state index contributed by atoms with van der Waals surface area (Å²) in [6.45, 7) is 3.85. The molecule has 0 radical (unpaired) electrons. The van der Waals surface area contributed by atoms with E-state index < -0.39 is 0 Å². The first kappa shape index (κ1) is 21.9. The van der Waals surface area contributed by atoms with Gasteiger partial charge in [-0.2, -0.15) is 0 Å². The molecule has 1 N–H and O–H groups in total. The Hall–Kier alpha value is -1.82. The molecule has 1 atom stereocenters. The third-order valence-corrected chi connectivity index (χ3v) is 6.51. The lowest BCUT2D eigenvalue weighted by Crippen LogP contribution is -2.48. The highest BCUT2D eigenvalue weighted by molar-refractivity contribution is 6.44. The fourth-order valence-corrected chi connectivity index (χ4v) is 4.30. The van der Waals surface area contributed by atoms with Crippen LogP contribution in [0.3, 0.4) is 0 Å². The maximum atomic E-state index is 13.6. The molecule has 0 aliphatic carbocycles. The Balaban J connectivity index is 1.73. The van der Waals surface area contributed by atoms with E-state index in [0.29, 0.717) is 21.2 Å². The number of urea groups is 1. The summed E-state index contributed by atoms with van der Waals surface area (Å²) in [5, 5.41) is 3.72. The van der Waals surface area contributed by atoms with Crippen LogP contribution in [-0.2, 0) is 0 Å². The minimum atomic E-state index is -0.337. The topological polar surface area (TPSA) is 35.6 Å². The van der Waals surface area contributed by atoms with Crippen molar-refractivity contribution in [3.63, 3.8) is 0 Å². The minimum Gasteiger partial charge on any atom is -0.331 e. The van der Waals surface area contributed by atoms with Gasteiger partial charge in [-0.3, -0.25) is 0 Å². The predicted molar refractivity (Wildman–Crippen MR) is 117 cm³/mol. The number of nitrogens with one attached hydrogen (secondary N) is 1. The van der Waals surface area contributed by atoms with E-state index in [-0.39, 0.29) is 23.9 Å². The number of piperidine rings is 1. The van der Waals surface area contributed by atoms with Crippen molar-refractivity contribution in [3.8, 4) is 11.1 Å². The highest BCUT2D eigenvalue weighted by Gasteiger charge is 2.25. The first-order valence-corrected chi connectivity index (χ1v) is 10.5. The molecule has 29 heavy (non-hydrogen) atoms. The van der Waals surface area contributed by atoms with Crippen LogP contribution >= 0.6 is 23.2 Å². The predicted octanol–water partition coefficient (Wildman–Crippen LogP) is 5.60. The maximum Gasteiger partial charge on any atom is 0.317 e. The number of amides is 2. The Morgan fingerprint density at radius 2 is 1.90 bits per heavy atom. The van der Waals surface area contributed by atoms with Gasteiger partial charge in [-0.25, -0.2) is 9.18 Å². The summed E-state index contributed by atoms with van der Waals surface area (Å²) in [5.74, 6) is -0.337. The van der Waals surface area contributed by atoms with Crippen LogP contribution in [0.4, 0.5) is 9.18 Å². The minimum absolute atomic E-state index is 0.131. The third-order valence-electron chi connectivity index (χ3n) is 5.61. The molecule has 1 saturated heterocycles. The summed E-state index contributed by atoms with van der Waals surface area (Å²) in [7, 11) is 3.93. The van der Waals surface area contributed by atoms with Crippen LogP contribution in [0.1, 0.15) is 31.4 Å². The Morgan fingerprint density at radius 1 is 1.21 bits per heavy atom. The molecule has 0 spiro atoms. The molecule has 4 nitrogen and oxygen atoms in total. The summed E-state index contributed by atoms with van der Waals surface area (Å²) in [4.78, 5) is 16.8. The zero-order valence-electron chi connectivity index (χ0n) is 16.9. The Labute approximate surface area is 181 Å². The average Bonchev–Trinajstić information content (AvgIpc) is 2.69. The number of halogens is 3. The lowest BCUT2D eigenvalue weighted by Gasteiger charge is -2.35. The van der Waals surface area contributed by atoms with Gasteiger partial charge in [0.25, 0.3) is 0 Å². The zero-order valence-corrected chi connectivity index (χ0v) is 18.4. The van der Waals surface area contributed by atoms with E-state index >= 15 is 0 Å². The second-order valence-electron chi connectivity index (χ2n) is 7.66. The van der Waals surface area contributed by atoms with Crippen LogP contribution in [0.2, 0.25) is 10.0 Å². The summed E-state index contributed by atoms with van der Waals surface area (Å²) >= 11 is 13.0. The smallest absolute Gasteiger partial charge is 0.317 e. The molecule has 2 aromatic carbocycles. The van der Waals surface area contributed by atoms with Crippen LogP contribution in [-0.4, -0.2) is 49.1 Å². The van der Waals surface area contributed by atoms with Gasteiger partial charge in [0.15, 0.2) is 0 Å². The van der Waals surface area contributed by atoms with Gasteiger partial charge in [-0.05, 0) is 63.2 Å². The number of hydrogen-bond donors (Lipinski definition) is 1. The van der Waals surface area contributed by atoms with Crippen LogP contribution in [0.15, 0.2) is 36.4 Å². The van der Waals surface area contributed by atoms with Crippen LogP contribution in [0, 0.1) is 5.82 Å². The molecule has 3 rings (SSSR count). The van der Waals surface area contributed by atoms with Gasteiger partial charge in [-0.15, -0.1) is 0 Å². The number of benzene rings is 2. The molecule has 1 heterocycles. The second-order valence-corrected chi connectivity index (χ2v) is 8.41. The standard InChI is InChI=1S/C22H26Cl2FN3O/c1-14(26-22(29)28(3)17-9-11-27(2)12-10-17)18-7-8-19(21(24)20(18)23)15-5-4-6-16(25)13-15/h4-8,13-14,17H,9-12H2,1-3H3,(H,26,29). The summed E-state index contributed by atoms with van der Waals surface area (Å²) < 4.78 is 13.6. The monoisotopic (exact) mass is 437 g/mol. The fourth-order valence-electron chi connectivity index (χ4n) is 3.69. The van der Waals surface area contributed by atoms with Gasteiger partial charge in [-0.1, -0.05) is 47.5 Å². The van der Waals surface area contributed by atoms with E-state index in [1.807, 2.05) is 26.1 Å². The molecule has 0 aromatic heterocycles. The number of carbonyl (C=O) groups excluding carboxylic acids is 1. The van der Waals surface area contributed by atoms with Crippen molar-refractivity contribution in [1.29, 1.82) is 0 Å². The summed E-state index contributed by atoms with van der Waals surface area (Å²) in [5.41, 5.74) is 2.03. The van der Waals surface area contributed by atoms with Crippen molar-refractivity contribution in [1.82, 2.24) is 15.1 Å². The highest BCUT2D eigenvalue weighted by Crippen LogP contribution is 2.38. The molecule has 1 fully saturated rings. The van der Waals surface area contributed by atoms with E-state index in [4.69, 9.17) is 23.2 Å². The van der Waals surface area contributed by atoms with Gasteiger partial charge < -0.3 is 15.1 Å². The number of hydrogen-bond acceptors (Lipinski definition) is 2. The Morgan fingerprint density at radius 3 is 2.55 bits per heavy atom. The molecular weight excluding hydrogens is 412 g/mol. The van der Waals surface area contributed by atoms with E-state index in [1.54, 1.807) is 17.0 Å². The number of carbonyl (C=O) groups is 1. The maximum absolute atomic E-state index is 13.6. The quantitative estimate of drug-likeness (QED) is 0.675. The number of nitrogens with zero attached hydrogens (tertiary/aromatic N) is 2. The van der Waals surface area contributed by atoms with Crippen molar-refractivity contribution < 1.29 is 9.18 Å². The lowest BCUT2D eigenvalue weighted by atomic mass is 10.0. The Kier molecular flexibility index (Phi) is 7.04. The number of likely N-dealkylation sites (tertiary alicyclic amines) is 1. The van der Waals surface area contributed by atoms with Gasteiger partial charge in [0, 0.05) is 18.7 Å². The molecule has 0 bridgehead atoms. The van der Waals surface area contributed by atoms with Crippen molar-refractivity contribution in [2.75, 3.05) is 27.2 Å². The molecule has 2 aromatic rings. The van der Waals surface area contributed by atoms with Crippen molar-refractivity contribution in [3.05, 3.63) is 57.8 Å². The van der Waals surface area contributed by atoms with E-state index in [9.17, 15) is 9.18 Å². The fraction of sp³-hybridized carbons (Fsp3) is 0.409. The molecular formula is C22H26Cl2FN3O. The molecule has 7 heteroatoms. The van der Waals surface area contributed by atoms with Crippen LogP contribution in [0.25, 0.3) is 11.1 Å². The highest BCUT2D eigenvalue weighted by atomic mass is 35.5. The molecule has 2 amide bonds. The first-order valence-electron chi connectivity index (χ1n) is 9.73. The first-order chi connectivity index (χ1) is 13.8. The summed E-state index contributed by atoms with van der Waals surface area (Å²) in [6, 6.07) is 9.62. The zero-order chi connectivity index (χ0) is 21.1. The van der Waals surface area contributed by atoms with Gasteiger partial charge >= 0.3 is 6.03 Å². The molecule has 1 aliphatic heterocycles. The SMILES string of the molecule is CC(NC(=O)N(C)C1CCN(C)CC1)c1ccc(-c2cccc(F)c2)c(Cl)c1Cl. The lowest BCUT2D eigenvalue weighted by molar-refractivity contribution is 0.146. The molecule has 1 unspecified atom stereocenters. The van der Waals surface area contributed by atoms with Crippen molar-refractivity contribution >= 4 is 29.2 Å². The second kappa shape index (κ2) is 9.33. The molecule has 156 valence electrons. The van der Waals surface area contributed by atoms with Gasteiger partial charge in [0.1, 0.15) is 5.82 Å². The van der Waals surface area contributed by atoms with Gasteiger partial charge in [0.2, 0.25) is 0 Å².